The van der Waals surface area contributed by atoms with Crippen LogP contribution >= 0.6 is 0 Å². The fourth-order valence-corrected chi connectivity index (χ4v) is 8.73. The molecule has 107 heavy (non-hydrogen) atoms. The average molecular weight is 1440 g/mol. The summed E-state index contributed by atoms with van der Waals surface area (Å²) in [5.41, 5.74) is 6.59. The van der Waals surface area contributed by atoms with Gasteiger partial charge in [0.15, 0.2) is 0 Å². The molecule has 11 rings (SSSR count). The van der Waals surface area contributed by atoms with Gasteiger partial charge in [-0.15, -0.1) is 0 Å². The van der Waals surface area contributed by atoms with E-state index in [1.165, 1.54) is 0 Å². The molecule has 5 unspecified atom stereocenters. The number of ether oxygens (including phenoxy) is 11. The predicted octanol–water partition coefficient (Wildman–Crippen LogP) is 21.8. The van der Waals surface area contributed by atoms with E-state index in [1.807, 2.05) is 282 Å². The smallest absolute Gasteiger partial charge is 0.219 e. The van der Waals surface area contributed by atoms with E-state index in [-0.39, 0.29) is 30.5 Å². The molecule has 0 radical (unpaired) electrons. The molecule has 0 saturated carbocycles. The second-order valence-electron chi connectivity index (χ2n) is 24.6. The number of benzene rings is 6. The molecule has 0 saturated heterocycles. The van der Waals surface area contributed by atoms with Crippen LogP contribution in [0.1, 0.15) is 88.3 Å². The van der Waals surface area contributed by atoms with Crippen LogP contribution in [0.3, 0.4) is 0 Å². The van der Waals surface area contributed by atoms with Gasteiger partial charge in [0, 0.05) is 74.6 Å². The van der Waals surface area contributed by atoms with Crippen molar-refractivity contribution in [3.8, 4) is 86.9 Å². The van der Waals surface area contributed by atoms with Crippen molar-refractivity contribution in [2.75, 3.05) is 13.7 Å². The Morgan fingerprint density at radius 3 is 0.944 bits per heavy atom. The molecule has 0 aliphatic rings. The Morgan fingerprint density at radius 2 is 0.664 bits per heavy atom. The van der Waals surface area contributed by atoms with Crippen LogP contribution in [0.25, 0.3) is 0 Å². The summed E-state index contributed by atoms with van der Waals surface area (Å²) in [5.74, 6) is 11.1. The summed E-state index contributed by atoms with van der Waals surface area (Å²) < 4.78 is 62.1. The minimum atomic E-state index is -0.216. The number of aliphatic imine (C=N–C) groups is 1. The lowest BCUT2D eigenvalue weighted by atomic mass is 10.2. The first-order valence-corrected chi connectivity index (χ1v) is 35.1. The monoisotopic (exact) mass is 1440 g/mol. The summed E-state index contributed by atoms with van der Waals surface area (Å²) >= 11 is 0. The van der Waals surface area contributed by atoms with Crippen LogP contribution in [0.2, 0.25) is 0 Å². The Balaban J connectivity index is 0.000000188. The van der Waals surface area contributed by atoms with E-state index in [0.29, 0.717) is 54.1 Å². The van der Waals surface area contributed by atoms with Crippen LogP contribution in [-0.2, 0) is 16.2 Å². The van der Waals surface area contributed by atoms with Gasteiger partial charge in [0.2, 0.25) is 29.4 Å². The average Bonchev–Trinajstić information content (AvgIpc) is 0.912. The Labute approximate surface area is 630 Å². The molecular weight excluding hydrogens is 1350 g/mol. The molecule has 6 aromatic carbocycles. The van der Waals surface area contributed by atoms with Crippen LogP contribution in [0.15, 0.2) is 278 Å². The number of nitrogens with zero attached hydrogens (tertiary/aromatic N) is 7. The van der Waals surface area contributed by atoms with Crippen molar-refractivity contribution in [3.05, 3.63) is 302 Å². The van der Waals surface area contributed by atoms with Gasteiger partial charge in [0.1, 0.15) is 95.1 Å². The van der Waals surface area contributed by atoms with Gasteiger partial charge >= 0.3 is 0 Å². The van der Waals surface area contributed by atoms with Crippen molar-refractivity contribution in [1.82, 2.24) is 24.9 Å². The summed E-state index contributed by atoms with van der Waals surface area (Å²) in [6.45, 7) is 31.9. The molecule has 5 atom stereocenters. The molecule has 11 aromatic rings. The standard InChI is InChI=1S/C22H22N2O3.C18H21NO3.C16H18N2O2.C16H19NO2.C16H17NO2/c1-17-8-13-22(23-14-17)27-21-11-9-20(10-12-21)26-18(2)15-24-25-16-19-6-4-3-5-7-19;1-13(2)20-12-15(4)21-16-6-8-17(9-7-16)22-18-10-5-14(3)11-19-18;1-12-4-9-16(18-10-12)20-15-7-5-14(6-8-15)19-13(2)11-17-3;2*1-4-13(3)18-14-6-8-15(9-7-14)19-16-10-5-12(2)11-17-16/h3-15,18H,16H2,1-2H3;5-11,15H,1,12H2,2-4H3;4-11,13H,1-3H3;5-11,13H,4H2,1-3H3;4-11,13H,1H2,2-3H3/b24-15+;;;;. The largest absolute Gasteiger partial charge is 0.495 e. The molecule has 0 bridgehead atoms. The molecule has 0 fully saturated rings. The van der Waals surface area contributed by atoms with E-state index < -0.39 is 0 Å². The van der Waals surface area contributed by atoms with Crippen LogP contribution in [0.5, 0.6) is 86.9 Å². The maximum Gasteiger partial charge on any atom is 0.219 e. The fourth-order valence-electron chi connectivity index (χ4n) is 8.73. The molecule has 19 heteroatoms. The lowest BCUT2D eigenvalue weighted by molar-refractivity contribution is 0.101. The van der Waals surface area contributed by atoms with Crippen molar-refractivity contribution < 1.29 is 56.9 Å². The number of hydrogen-bond donors (Lipinski definition) is 0. The minimum Gasteiger partial charge on any atom is -0.495 e. The third kappa shape index (κ3) is 32.8. The third-order valence-electron chi connectivity index (χ3n) is 14.5. The molecule has 0 aliphatic carbocycles. The highest BCUT2D eigenvalue weighted by Gasteiger charge is 2.10. The van der Waals surface area contributed by atoms with E-state index in [9.17, 15) is 0 Å². The summed E-state index contributed by atoms with van der Waals surface area (Å²) in [7, 11) is 1.73. The maximum atomic E-state index is 5.79. The molecular formula is C88H97N7O12. The Hall–Kier alpha value is -12.5. The van der Waals surface area contributed by atoms with Crippen LogP contribution < -0.4 is 47.4 Å². The molecule has 0 spiro atoms. The first kappa shape index (κ1) is 81.8. The van der Waals surface area contributed by atoms with E-state index in [2.05, 4.69) is 62.1 Å². The number of oxime groups is 1. The Morgan fingerprint density at radius 1 is 0.374 bits per heavy atom. The maximum absolute atomic E-state index is 5.79. The van der Waals surface area contributed by atoms with E-state index in [1.54, 1.807) is 56.5 Å². The van der Waals surface area contributed by atoms with Gasteiger partial charge < -0.3 is 56.9 Å². The zero-order chi connectivity index (χ0) is 76.6. The number of pyridine rings is 5. The Kier molecular flexibility index (Phi) is 34.3. The Bertz CT molecular complexity index is 4370. The number of rotatable bonds is 30. The third-order valence-corrected chi connectivity index (χ3v) is 14.5. The zero-order valence-electron chi connectivity index (χ0n) is 63.3. The highest BCUT2D eigenvalue weighted by Crippen LogP contribution is 2.29. The minimum absolute atomic E-state index is 0.00877. The van der Waals surface area contributed by atoms with Crippen LogP contribution in [0.4, 0.5) is 0 Å². The zero-order valence-corrected chi connectivity index (χ0v) is 63.3. The molecule has 0 aliphatic heterocycles. The second-order valence-corrected chi connectivity index (χ2v) is 24.6. The SMILES string of the molecule is C=C(C)OCC(C)Oc1ccc(Oc2ccc(C)cn2)cc1.C=CC(C)Oc1ccc(Oc2ccc(C)cn2)cc1.CCC(C)Oc1ccc(Oc2ccc(C)cn2)cc1.CN=CC(C)Oc1ccc(Oc2ccc(C)cn2)cc1.Cc1ccc(Oc2ccc(OC(C)/C=N/OCc3ccccc3)cc2)nc1. The van der Waals surface area contributed by atoms with Gasteiger partial charge in [-0.25, -0.2) is 24.9 Å². The van der Waals surface area contributed by atoms with Gasteiger partial charge in [-0.05, 0) is 237 Å². The highest BCUT2D eigenvalue weighted by atomic mass is 16.6. The van der Waals surface area contributed by atoms with E-state index in [0.717, 1.165) is 91.5 Å². The molecule has 0 amide bonds. The molecule has 19 nitrogen and oxygen atoms in total. The summed E-state index contributed by atoms with van der Waals surface area (Å²) in [6.07, 6.45) is 14.9. The first-order chi connectivity index (χ1) is 51.7. The molecule has 556 valence electrons. The van der Waals surface area contributed by atoms with E-state index in [4.69, 9.17) is 56.9 Å². The van der Waals surface area contributed by atoms with Crippen molar-refractivity contribution in [2.45, 2.75) is 127 Å². The fraction of sp³-hybridized carbons (Fsp3) is 0.239. The molecule has 0 N–H and O–H groups in total. The molecule has 5 aromatic heterocycles. The highest BCUT2D eigenvalue weighted by molar-refractivity contribution is 5.63. The number of aromatic nitrogens is 5. The van der Waals surface area contributed by atoms with Gasteiger partial charge in [0.05, 0.1) is 18.1 Å². The molecule has 5 heterocycles. The van der Waals surface area contributed by atoms with Crippen LogP contribution in [-0.4, -0.2) is 81.5 Å². The van der Waals surface area contributed by atoms with Gasteiger partial charge in [0.25, 0.3) is 0 Å². The normalized spacial score (nSPS) is 11.9. The number of aryl methyl sites for hydroxylation is 5. The summed E-state index contributed by atoms with van der Waals surface area (Å²) in [5, 5.41) is 3.96. The van der Waals surface area contributed by atoms with Gasteiger partial charge in [-0.3, -0.25) is 4.99 Å². The van der Waals surface area contributed by atoms with Crippen molar-refractivity contribution in [2.24, 2.45) is 10.1 Å². The number of hydrogen-bond acceptors (Lipinski definition) is 19. The summed E-state index contributed by atoms with van der Waals surface area (Å²) in [4.78, 5) is 30.2. The summed E-state index contributed by atoms with van der Waals surface area (Å²) in [6, 6.07) is 66.2. The predicted molar refractivity (Wildman–Crippen MR) is 423 cm³/mol. The number of allylic oxidation sites excluding steroid dienone is 1. The van der Waals surface area contributed by atoms with Crippen molar-refractivity contribution >= 4 is 12.4 Å². The quantitative estimate of drug-likeness (QED) is 0.0178. The lowest BCUT2D eigenvalue weighted by Crippen LogP contribution is -2.18. The van der Waals surface area contributed by atoms with Gasteiger partial charge in [-0.1, -0.05) is 92.0 Å². The topological polar surface area (TPSA) is 200 Å². The van der Waals surface area contributed by atoms with Crippen molar-refractivity contribution in [1.29, 1.82) is 0 Å². The van der Waals surface area contributed by atoms with Gasteiger partial charge in [-0.2, -0.15) is 0 Å². The second kappa shape index (κ2) is 44.9. The van der Waals surface area contributed by atoms with Crippen LogP contribution in [0, 0.1) is 34.6 Å². The van der Waals surface area contributed by atoms with Crippen molar-refractivity contribution in [3.63, 3.8) is 0 Å². The van der Waals surface area contributed by atoms with E-state index >= 15 is 0 Å². The first-order valence-electron chi connectivity index (χ1n) is 35.1. The lowest BCUT2D eigenvalue weighted by Gasteiger charge is -2.15.